The van der Waals surface area contributed by atoms with Gasteiger partial charge in [-0.05, 0) is 61.0 Å². The lowest BCUT2D eigenvalue weighted by atomic mass is 10.1. The summed E-state index contributed by atoms with van der Waals surface area (Å²) in [7, 11) is 1.64. The number of allylic oxidation sites excluding steroid dienone is 1. The summed E-state index contributed by atoms with van der Waals surface area (Å²) in [4.78, 5) is 4.44. The number of benzene rings is 2. The smallest absolute Gasteiger partial charge is 0.119 e. The van der Waals surface area contributed by atoms with Crippen molar-refractivity contribution in [3.8, 4) is 5.75 Å². The topological polar surface area (TPSA) is 21.6 Å². The zero-order chi connectivity index (χ0) is 15.2. The van der Waals surface area contributed by atoms with Crippen LogP contribution in [0.3, 0.4) is 0 Å². The third-order valence-electron chi connectivity index (χ3n) is 2.83. The van der Waals surface area contributed by atoms with Gasteiger partial charge in [0.15, 0.2) is 0 Å². The van der Waals surface area contributed by atoms with Crippen LogP contribution in [-0.2, 0) is 0 Å². The van der Waals surface area contributed by atoms with E-state index in [-0.39, 0.29) is 0 Å². The van der Waals surface area contributed by atoms with Crippen LogP contribution in [0, 0.1) is 0 Å². The van der Waals surface area contributed by atoms with E-state index in [1.165, 1.54) is 0 Å². The van der Waals surface area contributed by atoms with E-state index in [1.807, 2.05) is 55.5 Å². The third-order valence-corrected chi connectivity index (χ3v) is 3.19. The van der Waals surface area contributed by atoms with Gasteiger partial charge in [-0.1, -0.05) is 23.2 Å². The average molecular weight is 320 g/mol. The number of rotatable bonds is 4. The number of ether oxygens (including phenoxy) is 1. The summed E-state index contributed by atoms with van der Waals surface area (Å²) in [5, 5.41) is 1.39. The highest BCUT2D eigenvalue weighted by Crippen LogP contribution is 2.21. The normalized spacial score (nSPS) is 11.9. The molecule has 2 aromatic rings. The predicted octanol–water partition coefficient (Wildman–Crippen LogP) is 5.70. The molecule has 0 heterocycles. The number of aliphatic imine (C=N–C) groups is 1. The number of halogens is 2. The maximum atomic E-state index is 5.98. The lowest BCUT2D eigenvalue weighted by Crippen LogP contribution is -1.90. The van der Waals surface area contributed by atoms with Crippen molar-refractivity contribution in [1.29, 1.82) is 0 Å². The summed E-state index contributed by atoms with van der Waals surface area (Å²) in [5.41, 5.74) is 2.76. The molecule has 0 spiro atoms. The summed E-state index contributed by atoms with van der Waals surface area (Å²) >= 11 is 11.8. The van der Waals surface area contributed by atoms with Crippen molar-refractivity contribution in [2.45, 2.75) is 6.92 Å². The molecule has 0 fully saturated rings. The van der Waals surface area contributed by atoms with Gasteiger partial charge in [-0.2, -0.15) is 0 Å². The Labute approximate surface area is 134 Å². The van der Waals surface area contributed by atoms with E-state index in [4.69, 9.17) is 27.9 Å². The van der Waals surface area contributed by atoms with Crippen LogP contribution in [0.25, 0.3) is 6.08 Å². The second kappa shape index (κ2) is 7.30. The lowest BCUT2D eigenvalue weighted by molar-refractivity contribution is 0.414. The van der Waals surface area contributed by atoms with Crippen molar-refractivity contribution in [1.82, 2.24) is 0 Å². The monoisotopic (exact) mass is 319 g/mol. The standard InChI is InChI=1S/C17H15Cl2NO/c1-12(18)9-14-10-17(21-2)8-3-13(14)11-20-16-6-4-15(19)5-7-16/h3-11H,1-2H3/b12-9-,20-11+. The van der Waals surface area contributed by atoms with Crippen LogP contribution in [0.1, 0.15) is 18.1 Å². The lowest BCUT2D eigenvalue weighted by Gasteiger charge is -2.05. The van der Waals surface area contributed by atoms with Gasteiger partial charge in [-0.25, -0.2) is 0 Å². The van der Waals surface area contributed by atoms with Crippen LogP contribution < -0.4 is 4.74 Å². The van der Waals surface area contributed by atoms with Gasteiger partial charge in [-0.3, -0.25) is 4.99 Å². The molecule has 0 aliphatic carbocycles. The second-order valence-electron chi connectivity index (χ2n) is 4.46. The number of methoxy groups -OCH3 is 1. The molecule has 0 bridgehead atoms. The molecule has 2 rings (SSSR count). The molecular formula is C17H15Cl2NO. The van der Waals surface area contributed by atoms with Gasteiger partial charge in [0.25, 0.3) is 0 Å². The zero-order valence-electron chi connectivity index (χ0n) is 11.8. The van der Waals surface area contributed by atoms with Gasteiger partial charge in [-0.15, -0.1) is 0 Å². The van der Waals surface area contributed by atoms with Crippen molar-refractivity contribution in [2.75, 3.05) is 7.11 Å². The Hall–Kier alpha value is -1.77. The summed E-state index contributed by atoms with van der Waals surface area (Å²) in [6.07, 6.45) is 3.68. The van der Waals surface area contributed by atoms with E-state index in [1.54, 1.807) is 13.3 Å². The fourth-order valence-corrected chi connectivity index (χ4v) is 2.05. The van der Waals surface area contributed by atoms with Crippen LogP contribution in [0.5, 0.6) is 5.75 Å². The van der Waals surface area contributed by atoms with Crippen LogP contribution in [0.15, 0.2) is 52.5 Å². The van der Waals surface area contributed by atoms with Gasteiger partial charge < -0.3 is 4.74 Å². The second-order valence-corrected chi connectivity index (χ2v) is 5.49. The Morgan fingerprint density at radius 3 is 2.43 bits per heavy atom. The number of hydrogen-bond acceptors (Lipinski definition) is 2. The molecule has 2 nitrogen and oxygen atoms in total. The number of nitrogens with zero attached hydrogens (tertiary/aromatic N) is 1. The largest absolute Gasteiger partial charge is 0.497 e. The van der Waals surface area contributed by atoms with E-state index in [0.29, 0.717) is 10.1 Å². The van der Waals surface area contributed by atoms with E-state index in [0.717, 1.165) is 22.6 Å². The minimum absolute atomic E-state index is 0.694. The third kappa shape index (κ3) is 4.62. The summed E-state index contributed by atoms with van der Waals surface area (Å²) in [6, 6.07) is 13.1. The molecule has 0 aliphatic heterocycles. The van der Waals surface area contributed by atoms with Crippen molar-refractivity contribution < 1.29 is 4.74 Å². The maximum Gasteiger partial charge on any atom is 0.119 e. The van der Waals surface area contributed by atoms with Crippen LogP contribution in [0.4, 0.5) is 5.69 Å². The quantitative estimate of drug-likeness (QED) is 0.662. The highest BCUT2D eigenvalue weighted by molar-refractivity contribution is 6.31. The van der Waals surface area contributed by atoms with Crippen molar-refractivity contribution >= 4 is 41.2 Å². The summed E-state index contributed by atoms with van der Waals surface area (Å²) < 4.78 is 5.24. The van der Waals surface area contributed by atoms with Gasteiger partial charge >= 0.3 is 0 Å². The first-order chi connectivity index (χ1) is 10.1. The predicted molar refractivity (Wildman–Crippen MR) is 91.2 cm³/mol. The van der Waals surface area contributed by atoms with Gasteiger partial charge in [0.1, 0.15) is 5.75 Å². The van der Waals surface area contributed by atoms with Crippen LogP contribution in [0.2, 0.25) is 5.02 Å². The fourth-order valence-electron chi connectivity index (χ4n) is 1.81. The van der Waals surface area contributed by atoms with Gasteiger partial charge in [0.2, 0.25) is 0 Å². The Kier molecular flexibility index (Phi) is 5.43. The molecule has 0 aliphatic rings. The molecule has 0 amide bonds. The van der Waals surface area contributed by atoms with E-state index >= 15 is 0 Å². The molecule has 0 aromatic heterocycles. The Morgan fingerprint density at radius 1 is 1.10 bits per heavy atom. The Bertz CT molecular complexity index is 672. The van der Waals surface area contributed by atoms with Gasteiger partial charge in [0, 0.05) is 21.8 Å². The van der Waals surface area contributed by atoms with Gasteiger partial charge in [0.05, 0.1) is 12.8 Å². The van der Waals surface area contributed by atoms with Crippen molar-refractivity contribution in [3.05, 3.63) is 63.6 Å². The molecule has 0 N–H and O–H groups in total. The molecule has 0 atom stereocenters. The molecule has 0 saturated carbocycles. The molecule has 21 heavy (non-hydrogen) atoms. The first-order valence-electron chi connectivity index (χ1n) is 6.40. The minimum atomic E-state index is 0.694. The minimum Gasteiger partial charge on any atom is -0.497 e. The summed E-state index contributed by atoms with van der Waals surface area (Å²) in [6.45, 7) is 1.83. The van der Waals surface area contributed by atoms with E-state index in [2.05, 4.69) is 4.99 Å². The molecule has 0 unspecified atom stereocenters. The molecule has 108 valence electrons. The van der Waals surface area contributed by atoms with E-state index < -0.39 is 0 Å². The maximum absolute atomic E-state index is 5.98. The fraction of sp³-hybridized carbons (Fsp3) is 0.118. The Morgan fingerprint density at radius 2 is 1.81 bits per heavy atom. The van der Waals surface area contributed by atoms with E-state index in [9.17, 15) is 0 Å². The van der Waals surface area contributed by atoms with Crippen LogP contribution in [-0.4, -0.2) is 13.3 Å². The molecule has 4 heteroatoms. The summed E-state index contributed by atoms with van der Waals surface area (Å²) in [5.74, 6) is 0.780. The molecule has 0 saturated heterocycles. The molecule has 2 aromatic carbocycles. The first-order valence-corrected chi connectivity index (χ1v) is 7.15. The average Bonchev–Trinajstić information content (AvgIpc) is 2.47. The Balaban J connectivity index is 2.34. The van der Waals surface area contributed by atoms with Crippen LogP contribution >= 0.6 is 23.2 Å². The van der Waals surface area contributed by atoms with Crippen molar-refractivity contribution in [2.24, 2.45) is 4.99 Å². The highest BCUT2D eigenvalue weighted by Gasteiger charge is 2.01. The zero-order valence-corrected chi connectivity index (χ0v) is 13.3. The molecule has 0 radical (unpaired) electrons. The SMILES string of the molecule is COc1ccc(/C=N/c2ccc(Cl)cc2)c(/C=C(/C)Cl)c1. The molecular weight excluding hydrogens is 305 g/mol. The number of hydrogen-bond donors (Lipinski definition) is 0. The highest BCUT2D eigenvalue weighted by atomic mass is 35.5. The van der Waals surface area contributed by atoms with Crippen molar-refractivity contribution in [3.63, 3.8) is 0 Å². The first kappa shape index (κ1) is 15.6.